The summed E-state index contributed by atoms with van der Waals surface area (Å²) in [5.41, 5.74) is 5.56. The molecule has 1 saturated heterocycles. The van der Waals surface area contributed by atoms with Gasteiger partial charge in [0.1, 0.15) is 12.2 Å². The van der Waals surface area contributed by atoms with E-state index >= 15 is 0 Å². The monoisotopic (exact) mass is 603 g/mol. The summed E-state index contributed by atoms with van der Waals surface area (Å²) in [6, 6.07) is 12.1. The molecule has 7 nitrogen and oxygen atoms in total. The van der Waals surface area contributed by atoms with E-state index < -0.39 is 5.60 Å². The Balaban J connectivity index is 1.28. The zero-order chi connectivity index (χ0) is 30.9. The number of amides is 2. The van der Waals surface area contributed by atoms with Crippen molar-refractivity contribution in [1.82, 2.24) is 14.8 Å². The molecular formula is C35H45N3O4S. The van der Waals surface area contributed by atoms with E-state index in [4.69, 9.17) is 14.5 Å². The third kappa shape index (κ3) is 7.06. The molecule has 2 aliphatic rings. The number of carbonyl (C=O) groups excluding carboxylic acids is 2. The molecule has 0 radical (unpaired) electrons. The maximum Gasteiger partial charge on any atom is 0.410 e. The van der Waals surface area contributed by atoms with Gasteiger partial charge < -0.3 is 19.3 Å². The van der Waals surface area contributed by atoms with Crippen LogP contribution < -0.4 is 4.74 Å². The third-order valence-corrected chi connectivity index (χ3v) is 10.2. The molecule has 4 heterocycles. The Morgan fingerprint density at radius 1 is 1.09 bits per heavy atom. The molecule has 0 aliphatic carbocycles. The molecule has 0 saturated carbocycles. The van der Waals surface area contributed by atoms with Crippen molar-refractivity contribution in [1.29, 1.82) is 0 Å². The fourth-order valence-corrected chi connectivity index (χ4v) is 7.74. The van der Waals surface area contributed by atoms with E-state index in [0.717, 1.165) is 52.8 Å². The predicted octanol–water partition coefficient (Wildman–Crippen LogP) is 7.60. The number of hydrogen-bond acceptors (Lipinski definition) is 6. The average molecular weight is 604 g/mol. The highest BCUT2D eigenvalue weighted by molar-refractivity contribution is 7.12. The molecule has 43 heavy (non-hydrogen) atoms. The lowest BCUT2D eigenvalue weighted by molar-refractivity contribution is 0.0176. The molecule has 5 rings (SSSR count). The summed E-state index contributed by atoms with van der Waals surface area (Å²) in [5.74, 6) is 1.50. The predicted molar refractivity (Wildman–Crippen MR) is 171 cm³/mol. The van der Waals surface area contributed by atoms with Crippen LogP contribution in [0.5, 0.6) is 5.88 Å². The van der Waals surface area contributed by atoms with E-state index in [0.29, 0.717) is 50.5 Å². The smallest absolute Gasteiger partial charge is 0.410 e. The highest BCUT2D eigenvalue weighted by Gasteiger charge is 2.35. The summed E-state index contributed by atoms with van der Waals surface area (Å²) in [7, 11) is 0. The number of hydrogen-bond donors (Lipinski definition) is 0. The Hall–Kier alpha value is -3.39. The van der Waals surface area contributed by atoms with E-state index in [1.807, 2.05) is 79.2 Å². The number of thiophene rings is 1. The summed E-state index contributed by atoms with van der Waals surface area (Å²) in [4.78, 5) is 37.6. The first kappa shape index (κ1) is 31.0. The number of nitrogens with zero attached hydrogens (tertiary/aromatic N) is 3. The minimum absolute atomic E-state index is 0.0992. The van der Waals surface area contributed by atoms with Gasteiger partial charge in [0.25, 0.3) is 5.91 Å². The molecule has 2 amide bonds. The Kier molecular flexibility index (Phi) is 9.16. The standard InChI is InChI=1S/C35H45N3O4S/c1-22-19-23(2)36-32(41-21-26-11-9-8-10-12-26)28(22)20-38-18-15-29-30(33(38)39)25(4)31(43-29)24(3)27-13-16-37(17-14-27)34(40)42-35(5,6)7/h8-12,19,24,27H,13-18,20-21H2,1-7H3/t24-/m1/s1. The molecule has 1 aromatic carbocycles. The van der Waals surface area contributed by atoms with Gasteiger partial charge in [-0.2, -0.15) is 0 Å². The maximum atomic E-state index is 14.0. The molecule has 1 atom stereocenters. The SMILES string of the molecule is Cc1cc(C)c(CN2CCc3sc([C@H](C)C4CCN(C(=O)OC(C)(C)C)CC4)c(C)c3C2=O)c(OCc2ccccc2)n1. The van der Waals surface area contributed by atoms with Crippen LogP contribution in [0.2, 0.25) is 0 Å². The van der Waals surface area contributed by atoms with E-state index in [1.54, 1.807) is 0 Å². The highest BCUT2D eigenvalue weighted by atomic mass is 32.1. The number of fused-ring (bicyclic) bond motifs is 1. The van der Waals surface area contributed by atoms with Crippen molar-refractivity contribution in [3.05, 3.63) is 79.7 Å². The summed E-state index contributed by atoms with van der Waals surface area (Å²) in [5, 5.41) is 0. The minimum Gasteiger partial charge on any atom is -0.473 e. The topological polar surface area (TPSA) is 72.0 Å². The molecule has 0 bridgehead atoms. The van der Waals surface area contributed by atoms with Crippen LogP contribution in [0.1, 0.15) is 94.5 Å². The first-order chi connectivity index (χ1) is 20.4. The molecule has 0 N–H and O–H groups in total. The van der Waals surface area contributed by atoms with Crippen LogP contribution in [0.25, 0.3) is 0 Å². The number of carbonyl (C=O) groups is 2. The Morgan fingerprint density at radius 3 is 2.47 bits per heavy atom. The third-order valence-electron chi connectivity index (χ3n) is 8.68. The van der Waals surface area contributed by atoms with Crippen molar-refractivity contribution in [2.75, 3.05) is 19.6 Å². The van der Waals surface area contributed by atoms with Gasteiger partial charge >= 0.3 is 6.09 Å². The molecule has 0 unspecified atom stereocenters. The van der Waals surface area contributed by atoms with E-state index in [9.17, 15) is 9.59 Å². The quantitative estimate of drug-likeness (QED) is 0.278. The van der Waals surface area contributed by atoms with Crippen LogP contribution in [-0.2, 0) is 24.3 Å². The largest absolute Gasteiger partial charge is 0.473 e. The zero-order valence-corrected chi connectivity index (χ0v) is 27.5. The second-order valence-electron chi connectivity index (χ2n) is 13.1. The van der Waals surface area contributed by atoms with Gasteiger partial charge in [0.15, 0.2) is 0 Å². The van der Waals surface area contributed by atoms with Gasteiger partial charge in [-0.3, -0.25) is 4.79 Å². The van der Waals surface area contributed by atoms with Crippen molar-refractivity contribution < 1.29 is 19.1 Å². The number of aryl methyl sites for hydroxylation is 2. The fourth-order valence-electron chi connectivity index (χ4n) is 6.31. The average Bonchev–Trinajstić information content (AvgIpc) is 3.30. The van der Waals surface area contributed by atoms with Gasteiger partial charge in [0, 0.05) is 47.1 Å². The van der Waals surface area contributed by atoms with Crippen molar-refractivity contribution in [3.8, 4) is 5.88 Å². The lowest BCUT2D eigenvalue weighted by Crippen LogP contribution is -2.42. The summed E-state index contributed by atoms with van der Waals surface area (Å²) in [6.45, 7) is 17.2. The number of pyridine rings is 1. The first-order valence-electron chi connectivity index (χ1n) is 15.4. The van der Waals surface area contributed by atoms with Crippen LogP contribution in [0.15, 0.2) is 36.4 Å². The molecule has 2 aliphatic heterocycles. The number of rotatable bonds is 7. The van der Waals surface area contributed by atoms with Crippen molar-refractivity contribution in [3.63, 3.8) is 0 Å². The van der Waals surface area contributed by atoms with Crippen LogP contribution in [-0.4, -0.2) is 52.0 Å². The molecule has 8 heteroatoms. The number of ether oxygens (including phenoxy) is 2. The lowest BCUT2D eigenvalue weighted by atomic mass is 9.83. The zero-order valence-electron chi connectivity index (χ0n) is 26.7. The lowest BCUT2D eigenvalue weighted by Gasteiger charge is -2.35. The number of piperidine rings is 1. The Morgan fingerprint density at radius 2 is 1.79 bits per heavy atom. The van der Waals surface area contributed by atoms with E-state index in [2.05, 4.69) is 26.8 Å². The molecule has 3 aromatic rings. The van der Waals surface area contributed by atoms with Gasteiger partial charge in [0.05, 0.1) is 12.1 Å². The van der Waals surface area contributed by atoms with Gasteiger partial charge in [0.2, 0.25) is 5.88 Å². The summed E-state index contributed by atoms with van der Waals surface area (Å²) in [6.07, 6.45) is 2.51. The van der Waals surface area contributed by atoms with Crippen LogP contribution in [0.3, 0.4) is 0 Å². The van der Waals surface area contributed by atoms with Crippen LogP contribution in [0.4, 0.5) is 4.79 Å². The summed E-state index contributed by atoms with van der Waals surface area (Å²) >= 11 is 1.81. The molecule has 2 aromatic heterocycles. The second kappa shape index (κ2) is 12.7. The van der Waals surface area contributed by atoms with Gasteiger partial charge in [-0.1, -0.05) is 37.3 Å². The molecule has 1 fully saturated rings. The molecule has 0 spiro atoms. The Labute approximate surface area is 260 Å². The first-order valence-corrected chi connectivity index (χ1v) is 16.3. The van der Waals surface area contributed by atoms with Gasteiger partial charge in [-0.15, -0.1) is 11.3 Å². The number of benzene rings is 1. The molecule has 230 valence electrons. The summed E-state index contributed by atoms with van der Waals surface area (Å²) < 4.78 is 11.8. The van der Waals surface area contributed by atoms with Crippen LogP contribution >= 0.6 is 11.3 Å². The highest BCUT2D eigenvalue weighted by Crippen LogP contribution is 2.42. The van der Waals surface area contributed by atoms with Gasteiger partial charge in [-0.05, 0) is 89.0 Å². The van der Waals surface area contributed by atoms with Crippen molar-refractivity contribution in [2.45, 2.75) is 92.4 Å². The Bertz CT molecular complexity index is 1470. The maximum absolute atomic E-state index is 14.0. The van der Waals surface area contributed by atoms with Crippen LogP contribution in [0, 0.1) is 26.7 Å². The number of aromatic nitrogens is 1. The van der Waals surface area contributed by atoms with Crippen molar-refractivity contribution >= 4 is 23.3 Å². The van der Waals surface area contributed by atoms with Gasteiger partial charge in [-0.25, -0.2) is 9.78 Å². The van der Waals surface area contributed by atoms with E-state index in [1.165, 1.54) is 9.75 Å². The minimum atomic E-state index is -0.486. The molecular weight excluding hydrogens is 558 g/mol. The second-order valence-corrected chi connectivity index (χ2v) is 14.2. The van der Waals surface area contributed by atoms with E-state index in [-0.39, 0.29) is 12.0 Å². The normalized spacial score (nSPS) is 16.7. The number of likely N-dealkylation sites (tertiary alicyclic amines) is 1. The fraction of sp³-hybridized carbons (Fsp3) is 0.514. The van der Waals surface area contributed by atoms with Crippen molar-refractivity contribution in [2.24, 2.45) is 5.92 Å².